The first-order chi connectivity index (χ1) is 13.1. The van der Waals surface area contributed by atoms with Crippen LogP contribution in [0.1, 0.15) is 26.3 Å². The van der Waals surface area contributed by atoms with Gasteiger partial charge in [-0.2, -0.15) is 0 Å². The predicted molar refractivity (Wildman–Crippen MR) is 104 cm³/mol. The molecule has 1 N–H and O–H groups in total. The molecule has 3 rings (SSSR count). The maximum atomic E-state index is 13.0. The number of likely N-dealkylation sites (tertiary alicyclic amines) is 1. The molecule has 0 spiro atoms. The van der Waals surface area contributed by atoms with Crippen LogP contribution in [0.5, 0.6) is 5.75 Å². The number of imidazole rings is 1. The molecular weight excluding hydrogens is 345 g/mol. The third-order valence-electron chi connectivity index (χ3n) is 5.04. The van der Waals surface area contributed by atoms with Gasteiger partial charge in [-0.05, 0) is 43.5 Å². The molecule has 1 aromatic heterocycles. The van der Waals surface area contributed by atoms with Gasteiger partial charge in [0.25, 0.3) is 0 Å². The molecule has 1 fully saturated rings. The number of hydrogen-bond donors (Lipinski definition) is 1. The largest absolute Gasteiger partial charge is 0.489 e. The van der Waals surface area contributed by atoms with Crippen LogP contribution in [-0.2, 0) is 0 Å². The number of benzene rings is 1. The number of aliphatic imine (C=N–C) groups is 1. The molecule has 1 saturated heterocycles. The van der Waals surface area contributed by atoms with Crippen LogP contribution in [-0.4, -0.2) is 53.2 Å². The number of ether oxygens (including phenoxy) is 1. The average molecular weight is 373 g/mol. The van der Waals surface area contributed by atoms with E-state index in [0.717, 1.165) is 25.5 Å². The smallest absolute Gasteiger partial charge is 0.193 e. The van der Waals surface area contributed by atoms with Gasteiger partial charge in [-0.3, -0.25) is 4.99 Å². The van der Waals surface area contributed by atoms with Crippen LogP contribution in [0, 0.1) is 11.7 Å². The topological polar surface area (TPSA) is 54.7 Å². The Hall–Kier alpha value is -2.57. The fourth-order valence-electron chi connectivity index (χ4n) is 3.45. The van der Waals surface area contributed by atoms with E-state index in [0.29, 0.717) is 24.3 Å². The van der Waals surface area contributed by atoms with Gasteiger partial charge in [-0.15, -0.1) is 0 Å². The van der Waals surface area contributed by atoms with Crippen molar-refractivity contribution in [2.45, 2.75) is 32.4 Å². The number of nitrogens with one attached hydrogen (secondary N) is 1. The van der Waals surface area contributed by atoms with Gasteiger partial charge in [-0.25, -0.2) is 9.37 Å². The standard InChI is InChI=1S/C20H28FN5O/c1-15-8-10-25(13-19(15)26-11-9-23-14-26)20(22-3)24-12-16(2)27-18-6-4-17(21)5-7-18/h4-7,9,11,14-16,19H,8,10,12-13H2,1-3H3,(H,22,24). The maximum Gasteiger partial charge on any atom is 0.193 e. The van der Waals surface area contributed by atoms with Gasteiger partial charge in [0, 0.05) is 32.5 Å². The number of rotatable bonds is 5. The van der Waals surface area contributed by atoms with Crippen LogP contribution in [0.4, 0.5) is 4.39 Å². The van der Waals surface area contributed by atoms with Crippen molar-refractivity contribution in [1.82, 2.24) is 19.8 Å². The Morgan fingerprint density at radius 1 is 1.41 bits per heavy atom. The van der Waals surface area contributed by atoms with Crippen LogP contribution in [0.25, 0.3) is 0 Å². The summed E-state index contributed by atoms with van der Waals surface area (Å²) in [6.07, 6.45) is 6.78. The lowest BCUT2D eigenvalue weighted by atomic mass is 9.93. The number of nitrogens with zero attached hydrogens (tertiary/aromatic N) is 4. The van der Waals surface area contributed by atoms with E-state index in [1.54, 1.807) is 19.2 Å². The summed E-state index contributed by atoms with van der Waals surface area (Å²) in [6, 6.07) is 6.47. The molecule has 2 heterocycles. The number of aromatic nitrogens is 2. The molecule has 0 aliphatic carbocycles. The molecule has 1 aromatic carbocycles. The van der Waals surface area contributed by atoms with Gasteiger partial charge in [0.15, 0.2) is 5.96 Å². The minimum absolute atomic E-state index is 0.0691. The first kappa shape index (κ1) is 19.2. The second-order valence-corrected chi connectivity index (χ2v) is 7.10. The second-order valence-electron chi connectivity index (χ2n) is 7.10. The van der Waals surface area contributed by atoms with Crippen molar-refractivity contribution in [2.24, 2.45) is 10.9 Å². The third-order valence-corrected chi connectivity index (χ3v) is 5.04. The van der Waals surface area contributed by atoms with Crippen LogP contribution < -0.4 is 10.1 Å². The van der Waals surface area contributed by atoms with Gasteiger partial charge < -0.3 is 19.5 Å². The van der Waals surface area contributed by atoms with E-state index in [9.17, 15) is 4.39 Å². The fourth-order valence-corrected chi connectivity index (χ4v) is 3.45. The zero-order valence-electron chi connectivity index (χ0n) is 16.2. The Balaban J connectivity index is 1.54. The highest BCUT2D eigenvalue weighted by Gasteiger charge is 2.29. The normalized spacial score (nSPS) is 21.8. The van der Waals surface area contributed by atoms with Crippen molar-refractivity contribution in [1.29, 1.82) is 0 Å². The molecule has 3 unspecified atom stereocenters. The molecular formula is C20H28FN5O. The van der Waals surface area contributed by atoms with Crippen LogP contribution in [0.15, 0.2) is 48.0 Å². The summed E-state index contributed by atoms with van der Waals surface area (Å²) in [5, 5.41) is 3.40. The van der Waals surface area contributed by atoms with Gasteiger partial charge in [0.05, 0.1) is 18.9 Å². The van der Waals surface area contributed by atoms with E-state index in [1.807, 2.05) is 25.6 Å². The Morgan fingerprint density at radius 2 is 2.19 bits per heavy atom. The summed E-state index contributed by atoms with van der Waals surface area (Å²) in [6.45, 7) is 6.75. The van der Waals surface area contributed by atoms with Crippen molar-refractivity contribution < 1.29 is 9.13 Å². The molecule has 146 valence electrons. The number of piperidine rings is 1. The Bertz CT molecular complexity index is 731. The minimum atomic E-state index is -0.264. The summed E-state index contributed by atoms with van der Waals surface area (Å²) < 4.78 is 21.0. The SMILES string of the molecule is CN=C(NCC(C)Oc1ccc(F)cc1)N1CCC(C)C(n2ccnc2)C1. The van der Waals surface area contributed by atoms with Gasteiger partial charge in [0.1, 0.15) is 17.7 Å². The van der Waals surface area contributed by atoms with Gasteiger partial charge in [0.2, 0.25) is 0 Å². The lowest BCUT2D eigenvalue weighted by molar-refractivity contribution is 0.184. The quantitative estimate of drug-likeness (QED) is 0.647. The zero-order valence-corrected chi connectivity index (χ0v) is 16.2. The molecule has 27 heavy (non-hydrogen) atoms. The lowest BCUT2D eigenvalue weighted by Crippen LogP contribution is -2.50. The van der Waals surface area contributed by atoms with Crippen LogP contribution in [0.2, 0.25) is 0 Å². The Morgan fingerprint density at radius 3 is 2.85 bits per heavy atom. The fraction of sp³-hybridized carbons (Fsp3) is 0.500. The molecule has 1 aliphatic rings. The van der Waals surface area contributed by atoms with E-state index in [2.05, 4.69) is 31.7 Å². The Kier molecular flexibility index (Phi) is 6.32. The van der Waals surface area contributed by atoms with Crippen molar-refractivity contribution in [2.75, 3.05) is 26.7 Å². The first-order valence-corrected chi connectivity index (χ1v) is 9.42. The number of guanidine groups is 1. The van der Waals surface area contributed by atoms with Gasteiger partial charge >= 0.3 is 0 Å². The first-order valence-electron chi connectivity index (χ1n) is 9.42. The maximum absolute atomic E-state index is 13.0. The van der Waals surface area contributed by atoms with E-state index in [1.165, 1.54) is 12.1 Å². The third kappa shape index (κ3) is 4.99. The molecule has 7 heteroatoms. The second kappa shape index (κ2) is 8.88. The zero-order chi connectivity index (χ0) is 19.2. The van der Waals surface area contributed by atoms with Crippen molar-refractivity contribution in [3.63, 3.8) is 0 Å². The van der Waals surface area contributed by atoms with E-state index >= 15 is 0 Å². The highest BCUT2D eigenvalue weighted by Crippen LogP contribution is 2.27. The molecule has 3 atom stereocenters. The highest BCUT2D eigenvalue weighted by atomic mass is 19.1. The summed E-state index contributed by atoms with van der Waals surface area (Å²) in [4.78, 5) is 10.9. The average Bonchev–Trinajstić information content (AvgIpc) is 3.20. The minimum Gasteiger partial charge on any atom is -0.489 e. The summed E-state index contributed by atoms with van der Waals surface area (Å²) in [5.41, 5.74) is 0. The molecule has 0 saturated carbocycles. The monoisotopic (exact) mass is 373 g/mol. The summed E-state index contributed by atoms with van der Waals surface area (Å²) >= 11 is 0. The molecule has 0 bridgehead atoms. The molecule has 0 radical (unpaired) electrons. The summed E-state index contributed by atoms with van der Waals surface area (Å²) in [7, 11) is 1.80. The summed E-state index contributed by atoms with van der Waals surface area (Å²) in [5.74, 6) is 1.86. The lowest BCUT2D eigenvalue weighted by Gasteiger charge is -2.39. The van der Waals surface area contributed by atoms with Crippen LogP contribution in [0.3, 0.4) is 0 Å². The molecule has 1 aliphatic heterocycles. The van der Waals surface area contributed by atoms with Crippen LogP contribution >= 0.6 is 0 Å². The van der Waals surface area contributed by atoms with E-state index in [-0.39, 0.29) is 11.9 Å². The van der Waals surface area contributed by atoms with Crippen molar-refractivity contribution >= 4 is 5.96 Å². The predicted octanol–water partition coefficient (Wildman–Crippen LogP) is 2.95. The molecule has 2 aromatic rings. The van der Waals surface area contributed by atoms with Crippen molar-refractivity contribution in [3.8, 4) is 5.75 Å². The highest BCUT2D eigenvalue weighted by molar-refractivity contribution is 5.80. The molecule has 0 amide bonds. The Labute approximate surface area is 160 Å². The van der Waals surface area contributed by atoms with Crippen molar-refractivity contribution in [3.05, 3.63) is 48.8 Å². The molecule has 6 nitrogen and oxygen atoms in total. The number of hydrogen-bond acceptors (Lipinski definition) is 3. The van der Waals surface area contributed by atoms with E-state index in [4.69, 9.17) is 4.74 Å². The van der Waals surface area contributed by atoms with E-state index < -0.39 is 0 Å². The number of halogens is 1. The van der Waals surface area contributed by atoms with Gasteiger partial charge in [-0.1, -0.05) is 6.92 Å².